The van der Waals surface area contributed by atoms with Gasteiger partial charge in [0.1, 0.15) is 0 Å². The molecular weight excluding hydrogens is 374 g/mol. The predicted molar refractivity (Wildman–Crippen MR) is 100 cm³/mol. The van der Waals surface area contributed by atoms with E-state index in [4.69, 9.17) is 16.3 Å². The first-order chi connectivity index (χ1) is 12.4. The molecule has 0 N–H and O–H groups in total. The molecule has 3 aromatic rings. The van der Waals surface area contributed by atoms with E-state index >= 15 is 0 Å². The smallest absolute Gasteiger partial charge is 0.337 e. The number of benzene rings is 2. The lowest BCUT2D eigenvalue weighted by Crippen LogP contribution is -2.16. The van der Waals surface area contributed by atoms with Crippen LogP contribution >= 0.6 is 11.6 Å². The zero-order valence-corrected chi connectivity index (χ0v) is 16.0. The van der Waals surface area contributed by atoms with E-state index in [9.17, 15) is 8.42 Å². The van der Waals surface area contributed by atoms with Crippen LogP contribution in [0.1, 0.15) is 18.9 Å². The molecule has 0 aliphatic carbocycles. The molecule has 0 unspecified atom stereocenters. The van der Waals surface area contributed by atoms with Gasteiger partial charge in [-0.05, 0) is 37.6 Å². The molecule has 3 rings (SSSR count). The number of hydrogen-bond acceptors (Lipinski definition) is 5. The molecule has 0 bridgehead atoms. The van der Waals surface area contributed by atoms with E-state index in [-0.39, 0.29) is 16.7 Å². The predicted octanol–water partition coefficient (Wildman–Crippen LogP) is 3.93. The molecule has 8 heteroatoms. The SMILES string of the molecule is CCCOc1nc(-c2cccc(Cl)c2)n(S(=O)(=O)c2ccc(C)cc2)n1. The highest BCUT2D eigenvalue weighted by atomic mass is 35.5. The van der Waals surface area contributed by atoms with Gasteiger partial charge >= 0.3 is 6.01 Å². The highest BCUT2D eigenvalue weighted by Gasteiger charge is 2.25. The van der Waals surface area contributed by atoms with Crippen molar-refractivity contribution in [1.82, 2.24) is 14.2 Å². The molecule has 26 heavy (non-hydrogen) atoms. The quantitative estimate of drug-likeness (QED) is 0.636. The van der Waals surface area contributed by atoms with Gasteiger partial charge < -0.3 is 4.74 Å². The molecule has 0 fully saturated rings. The minimum absolute atomic E-state index is 0.0116. The molecular formula is C18H18ClN3O3S. The number of ether oxygens (including phenoxy) is 1. The molecule has 0 radical (unpaired) electrons. The van der Waals surface area contributed by atoms with E-state index in [1.54, 1.807) is 48.5 Å². The molecule has 1 heterocycles. The van der Waals surface area contributed by atoms with Crippen LogP contribution in [-0.4, -0.2) is 29.2 Å². The molecule has 0 spiro atoms. The number of nitrogens with zero attached hydrogens (tertiary/aromatic N) is 3. The Morgan fingerprint density at radius 1 is 1.15 bits per heavy atom. The van der Waals surface area contributed by atoms with Crippen molar-refractivity contribution in [3.63, 3.8) is 0 Å². The standard InChI is InChI=1S/C18H18ClN3O3S/c1-3-11-25-18-20-17(14-5-4-6-15(19)12-14)22(21-18)26(23,24)16-9-7-13(2)8-10-16/h4-10,12H,3,11H2,1-2H3. The largest absolute Gasteiger partial charge is 0.462 e. The molecule has 2 aromatic carbocycles. The van der Waals surface area contributed by atoms with Crippen LogP contribution in [0, 0.1) is 6.92 Å². The summed E-state index contributed by atoms with van der Waals surface area (Å²) < 4.78 is 32.5. The van der Waals surface area contributed by atoms with Crippen molar-refractivity contribution in [2.75, 3.05) is 6.61 Å². The maximum Gasteiger partial charge on any atom is 0.337 e. The van der Waals surface area contributed by atoms with Crippen LogP contribution in [0.5, 0.6) is 6.01 Å². The van der Waals surface area contributed by atoms with Crippen molar-refractivity contribution in [2.45, 2.75) is 25.2 Å². The molecule has 0 aliphatic heterocycles. The Balaban J connectivity index is 2.15. The molecule has 0 saturated carbocycles. The van der Waals surface area contributed by atoms with E-state index in [1.165, 1.54) is 0 Å². The van der Waals surface area contributed by atoms with Crippen molar-refractivity contribution in [1.29, 1.82) is 0 Å². The van der Waals surface area contributed by atoms with Gasteiger partial charge in [-0.25, -0.2) is 0 Å². The molecule has 0 aliphatic rings. The second-order valence-corrected chi connectivity index (χ2v) is 7.94. The van der Waals surface area contributed by atoms with Gasteiger partial charge in [0.15, 0.2) is 5.82 Å². The van der Waals surface area contributed by atoms with Gasteiger partial charge in [-0.1, -0.05) is 53.5 Å². The van der Waals surface area contributed by atoms with E-state index in [1.807, 2.05) is 13.8 Å². The third kappa shape index (κ3) is 3.73. The number of hydrogen-bond donors (Lipinski definition) is 0. The number of rotatable bonds is 6. The van der Waals surface area contributed by atoms with Crippen LogP contribution in [0.4, 0.5) is 0 Å². The second-order valence-electron chi connectivity index (χ2n) is 5.74. The zero-order chi connectivity index (χ0) is 18.7. The van der Waals surface area contributed by atoms with Crippen molar-refractivity contribution < 1.29 is 13.2 Å². The number of aromatic nitrogens is 3. The third-order valence-corrected chi connectivity index (χ3v) is 5.44. The van der Waals surface area contributed by atoms with Gasteiger partial charge in [-0.3, -0.25) is 0 Å². The summed E-state index contributed by atoms with van der Waals surface area (Å²) in [6.45, 7) is 4.22. The summed E-state index contributed by atoms with van der Waals surface area (Å²) in [6.07, 6.45) is 0.756. The van der Waals surface area contributed by atoms with Gasteiger partial charge in [0.2, 0.25) is 0 Å². The molecule has 0 atom stereocenters. The summed E-state index contributed by atoms with van der Waals surface area (Å²) >= 11 is 6.05. The lowest BCUT2D eigenvalue weighted by atomic mass is 10.2. The summed E-state index contributed by atoms with van der Waals surface area (Å²) in [4.78, 5) is 4.38. The van der Waals surface area contributed by atoms with Crippen LogP contribution in [-0.2, 0) is 10.0 Å². The number of halogens is 1. The van der Waals surface area contributed by atoms with Crippen molar-refractivity contribution in [2.24, 2.45) is 0 Å². The second kappa shape index (κ2) is 7.47. The molecule has 6 nitrogen and oxygen atoms in total. The minimum atomic E-state index is -3.93. The topological polar surface area (TPSA) is 74.1 Å². The maximum absolute atomic E-state index is 13.1. The van der Waals surface area contributed by atoms with Crippen molar-refractivity contribution >= 4 is 21.6 Å². The zero-order valence-electron chi connectivity index (χ0n) is 14.4. The first-order valence-corrected chi connectivity index (χ1v) is 9.91. The Morgan fingerprint density at radius 3 is 2.54 bits per heavy atom. The van der Waals surface area contributed by atoms with Gasteiger partial charge in [0.05, 0.1) is 11.5 Å². The summed E-state index contributed by atoms with van der Waals surface area (Å²) in [5, 5.41) is 4.55. The van der Waals surface area contributed by atoms with Crippen molar-refractivity contribution in [3.05, 3.63) is 59.1 Å². The Morgan fingerprint density at radius 2 is 1.88 bits per heavy atom. The van der Waals surface area contributed by atoms with Crippen LogP contribution in [0.25, 0.3) is 11.4 Å². The average Bonchev–Trinajstić information content (AvgIpc) is 3.05. The highest BCUT2D eigenvalue weighted by molar-refractivity contribution is 7.90. The Bertz CT molecular complexity index is 1010. The van der Waals surface area contributed by atoms with Crippen LogP contribution in [0.3, 0.4) is 0 Å². The fourth-order valence-corrected chi connectivity index (χ4v) is 3.74. The highest BCUT2D eigenvalue weighted by Crippen LogP contribution is 2.26. The lowest BCUT2D eigenvalue weighted by Gasteiger charge is -2.08. The summed E-state index contributed by atoms with van der Waals surface area (Å²) in [5.41, 5.74) is 1.50. The van der Waals surface area contributed by atoms with Gasteiger partial charge in [0.25, 0.3) is 10.0 Å². The van der Waals surface area contributed by atoms with E-state index in [2.05, 4.69) is 10.1 Å². The molecule has 0 amide bonds. The first kappa shape index (κ1) is 18.4. The van der Waals surface area contributed by atoms with Crippen LogP contribution in [0.15, 0.2) is 53.4 Å². The number of aryl methyl sites for hydroxylation is 1. The van der Waals surface area contributed by atoms with E-state index in [0.29, 0.717) is 17.2 Å². The summed E-state index contributed by atoms with van der Waals surface area (Å²) in [5.74, 6) is 0.152. The van der Waals surface area contributed by atoms with E-state index < -0.39 is 10.0 Å². The Labute approximate surface area is 157 Å². The maximum atomic E-state index is 13.1. The van der Waals surface area contributed by atoms with Gasteiger partial charge in [-0.2, -0.15) is 13.4 Å². The summed E-state index contributed by atoms with van der Waals surface area (Å²) in [7, 11) is -3.93. The fourth-order valence-electron chi connectivity index (χ4n) is 2.32. The van der Waals surface area contributed by atoms with E-state index in [0.717, 1.165) is 16.1 Å². The Kier molecular flexibility index (Phi) is 5.29. The van der Waals surface area contributed by atoms with Crippen LogP contribution in [0.2, 0.25) is 5.02 Å². The van der Waals surface area contributed by atoms with Crippen LogP contribution < -0.4 is 4.74 Å². The first-order valence-electron chi connectivity index (χ1n) is 8.10. The summed E-state index contributed by atoms with van der Waals surface area (Å²) in [6, 6.07) is 13.3. The minimum Gasteiger partial charge on any atom is -0.462 e. The molecule has 1 aromatic heterocycles. The fraction of sp³-hybridized carbons (Fsp3) is 0.222. The van der Waals surface area contributed by atoms with Gasteiger partial charge in [-0.15, -0.1) is 4.09 Å². The lowest BCUT2D eigenvalue weighted by molar-refractivity contribution is 0.293. The molecule has 0 saturated heterocycles. The van der Waals surface area contributed by atoms with Crippen molar-refractivity contribution in [3.8, 4) is 17.4 Å². The monoisotopic (exact) mass is 391 g/mol. The third-order valence-electron chi connectivity index (χ3n) is 3.62. The van der Waals surface area contributed by atoms with Gasteiger partial charge in [0, 0.05) is 10.6 Å². The Hall–Kier alpha value is -2.38. The normalized spacial score (nSPS) is 11.5. The molecule has 136 valence electrons. The average molecular weight is 392 g/mol.